The molecular weight excluding hydrogens is 1060 g/mol. The molecule has 0 N–H and O–H groups in total. The summed E-state index contributed by atoms with van der Waals surface area (Å²) in [6, 6.07) is 111. The van der Waals surface area contributed by atoms with Crippen LogP contribution >= 0.6 is 0 Å². The number of benzene rings is 14. The van der Waals surface area contributed by atoms with Crippen LogP contribution in [-0.4, -0.2) is 0 Å². The van der Waals surface area contributed by atoms with E-state index in [1.54, 1.807) is 0 Å². The Morgan fingerprint density at radius 1 is 0.264 bits per heavy atom. The molecule has 0 unspecified atom stereocenters. The molecule has 0 amide bonds. The van der Waals surface area contributed by atoms with Gasteiger partial charge in [0.2, 0.25) is 0 Å². The van der Waals surface area contributed by atoms with Crippen molar-refractivity contribution in [2.45, 2.75) is 19.3 Å². The second-order valence-electron chi connectivity index (χ2n) is 23.2. The van der Waals surface area contributed by atoms with E-state index in [1.165, 1.54) is 44.5 Å². The van der Waals surface area contributed by atoms with E-state index in [1.807, 2.05) is 0 Å². The van der Waals surface area contributed by atoms with E-state index in [0.717, 1.165) is 122 Å². The van der Waals surface area contributed by atoms with Crippen LogP contribution in [0, 0.1) is 13.8 Å². The number of hydrogen-bond donors (Lipinski definition) is 0. The summed E-state index contributed by atoms with van der Waals surface area (Å²) in [4.78, 5) is 4.91. The van der Waals surface area contributed by atoms with Crippen LogP contribution in [0.25, 0.3) is 98.8 Å². The zero-order chi connectivity index (χ0) is 57.7. The molecule has 14 aromatic carbocycles. The molecule has 4 nitrogen and oxygen atoms in total. The molecule has 0 saturated carbocycles. The molecule has 2 aromatic heterocycles. The maximum atomic E-state index is 7.33. The number of aryl methyl sites for hydroxylation is 2. The Morgan fingerprint density at radius 3 is 0.977 bits per heavy atom. The SMILES string of the molecule is Cc1ccc(N(c2cc3c(c4ccccc24)-c2c(cc(N(c4ccc(C)cc4)c4cccc5c4oc4c(-c6ccccc6)cccc45)c4ccccc24)C3(c2ccccc2)c2ccccc2)c2cccc3c2oc2c(-c4ccccc4)cccc23)cc1. The van der Waals surface area contributed by atoms with E-state index in [9.17, 15) is 0 Å². The average molecular weight is 1110 g/mol. The summed E-state index contributed by atoms with van der Waals surface area (Å²) in [5.41, 5.74) is 22.5. The van der Waals surface area contributed by atoms with E-state index >= 15 is 0 Å². The van der Waals surface area contributed by atoms with Crippen molar-refractivity contribution < 1.29 is 8.83 Å². The highest BCUT2D eigenvalue weighted by Crippen LogP contribution is 2.63. The first kappa shape index (κ1) is 50.3. The van der Waals surface area contributed by atoms with Crippen molar-refractivity contribution in [2.75, 3.05) is 9.80 Å². The van der Waals surface area contributed by atoms with E-state index in [2.05, 4.69) is 327 Å². The molecule has 0 spiro atoms. The molecule has 1 aliphatic rings. The van der Waals surface area contributed by atoms with Crippen LogP contribution in [0.3, 0.4) is 0 Å². The minimum absolute atomic E-state index is 0.823. The topological polar surface area (TPSA) is 32.8 Å². The zero-order valence-electron chi connectivity index (χ0n) is 48.1. The maximum Gasteiger partial charge on any atom is 0.159 e. The van der Waals surface area contributed by atoms with Gasteiger partial charge in [-0.2, -0.15) is 0 Å². The van der Waals surface area contributed by atoms with Crippen LogP contribution in [0.4, 0.5) is 34.1 Å². The summed E-state index contributed by atoms with van der Waals surface area (Å²) in [5, 5.41) is 8.85. The van der Waals surface area contributed by atoms with Gasteiger partial charge >= 0.3 is 0 Å². The van der Waals surface area contributed by atoms with Crippen molar-refractivity contribution in [3.63, 3.8) is 0 Å². The number of furan rings is 2. The molecular formula is C83H56N2O2. The van der Waals surface area contributed by atoms with Gasteiger partial charge in [0, 0.05) is 54.8 Å². The Bertz CT molecular complexity index is 5000. The highest BCUT2D eigenvalue weighted by molar-refractivity contribution is 6.21. The van der Waals surface area contributed by atoms with Gasteiger partial charge in [-0.05, 0) is 118 Å². The fourth-order valence-electron chi connectivity index (χ4n) is 14.4. The molecule has 0 fully saturated rings. The molecule has 0 bridgehead atoms. The van der Waals surface area contributed by atoms with Crippen molar-refractivity contribution in [3.05, 3.63) is 337 Å². The predicted molar refractivity (Wildman–Crippen MR) is 363 cm³/mol. The highest BCUT2D eigenvalue weighted by Gasteiger charge is 2.49. The fourth-order valence-corrected chi connectivity index (χ4v) is 14.4. The Kier molecular flexibility index (Phi) is 11.6. The van der Waals surface area contributed by atoms with Crippen molar-refractivity contribution in [1.82, 2.24) is 0 Å². The van der Waals surface area contributed by atoms with Gasteiger partial charge in [0.25, 0.3) is 0 Å². The number of nitrogens with zero attached hydrogens (tertiary/aromatic N) is 2. The first-order chi connectivity index (χ1) is 43.0. The molecule has 410 valence electrons. The smallest absolute Gasteiger partial charge is 0.159 e. The third kappa shape index (κ3) is 7.71. The number of hydrogen-bond acceptors (Lipinski definition) is 4. The Balaban J connectivity index is 0.988. The molecule has 0 saturated heterocycles. The van der Waals surface area contributed by atoms with Crippen LogP contribution in [0.1, 0.15) is 33.4 Å². The monoisotopic (exact) mass is 1110 g/mol. The highest BCUT2D eigenvalue weighted by atomic mass is 16.3. The normalized spacial score (nSPS) is 12.6. The van der Waals surface area contributed by atoms with Gasteiger partial charge in [-0.1, -0.05) is 266 Å². The average Bonchev–Trinajstić information content (AvgIpc) is 2.39. The predicted octanol–water partition coefficient (Wildman–Crippen LogP) is 23.0. The number of fused-ring (bicyclic) bond motifs is 13. The van der Waals surface area contributed by atoms with Crippen molar-refractivity contribution >= 4 is 99.5 Å². The van der Waals surface area contributed by atoms with Gasteiger partial charge in [-0.15, -0.1) is 0 Å². The lowest BCUT2D eigenvalue weighted by Gasteiger charge is -2.36. The third-order valence-electron chi connectivity index (χ3n) is 18.2. The molecule has 1 aliphatic carbocycles. The van der Waals surface area contributed by atoms with Gasteiger partial charge in [-0.3, -0.25) is 0 Å². The van der Waals surface area contributed by atoms with Gasteiger partial charge < -0.3 is 18.6 Å². The van der Waals surface area contributed by atoms with Crippen LogP contribution < -0.4 is 9.80 Å². The van der Waals surface area contributed by atoms with Crippen LogP contribution in [0.5, 0.6) is 0 Å². The van der Waals surface area contributed by atoms with Crippen LogP contribution in [0.15, 0.2) is 312 Å². The fraction of sp³-hybridized carbons (Fsp3) is 0.0361. The first-order valence-corrected chi connectivity index (χ1v) is 30.0. The van der Waals surface area contributed by atoms with Gasteiger partial charge in [-0.25, -0.2) is 0 Å². The molecule has 4 heteroatoms. The first-order valence-electron chi connectivity index (χ1n) is 30.0. The summed E-state index contributed by atoms with van der Waals surface area (Å²) in [6.07, 6.45) is 0. The van der Waals surface area contributed by atoms with Crippen LogP contribution in [-0.2, 0) is 5.41 Å². The number of anilines is 6. The summed E-state index contributed by atoms with van der Waals surface area (Å²) in [7, 11) is 0. The molecule has 0 atom stereocenters. The quantitative estimate of drug-likeness (QED) is 0.137. The largest absolute Gasteiger partial charge is 0.453 e. The Morgan fingerprint density at radius 2 is 0.586 bits per heavy atom. The van der Waals surface area contributed by atoms with E-state index in [0.29, 0.717) is 0 Å². The van der Waals surface area contributed by atoms with Gasteiger partial charge in [0.15, 0.2) is 11.2 Å². The third-order valence-corrected chi connectivity index (χ3v) is 18.2. The summed E-state index contributed by atoms with van der Waals surface area (Å²) >= 11 is 0. The second-order valence-corrected chi connectivity index (χ2v) is 23.2. The standard InChI is InChI=1S/C83H56N2O2/c1-53-43-47-59(48-44-53)84(73-41-21-39-69-67-37-19-35-61(79(67)86-81(69)73)55-23-7-3-8-24-55)75-51-71-77(65-33-17-15-31-63(65)75)78-66-34-18-16-32-64(66)76(52-72(78)83(71,57-27-11-5-12-28-57)58-29-13-6-14-30-58)85(60-49-45-54(2)46-50-60)74-42-22-40-70-68-38-20-36-62(80(68)87-82(70)74)56-25-9-4-10-26-56/h3-52H,1-2H3. The maximum absolute atomic E-state index is 7.33. The molecule has 0 radical (unpaired) electrons. The molecule has 2 heterocycles. The lowest BCUT2D eigenvalue weighted by Crippen LogP contribution is -2.29. The van der Waals surface area contributed by atoms with Gasteiger partial charge in [0.1, 0.15) is 11.2 Å². The minimum Gasteiger partial charge on any atom is -0.453 e. The summed E-state index contributed by atoms with van der Waals surface area (Å²) in [5.74, 6) is 0. The molecule has 16 aromatic rings. The van der Waals surface area contributed by atoms with Gasteiger partial charge in [0.05, 0.1) is 28.2 Å². The Labute approximate surface area is 504 Å². The summed E-state index contributed by atoms with van der Waals surface area (Å²) < 4.78 is 14.7. The van der Waals surface area contributed by atoms with Crippen molar-refractivity contribution in [3.8, 4) is 33.4 Å². The van der Waals surface area contributed by atoms with E-state index in [-0.39, 0.29) is 0 Å². The zero-order valence-corrected chi connectivity index (χ0v) is 48.1. The number of para-hydroxylation sites is 4. The Hall–Kier alpha value is -11.2. The lowest BCUT2D eigenvalue weighted by molar-refractivity contribution is 0.670. The number of rotatable bonds is 10. The summed E-state index contributed by atoms with van der Waals surface area (Å²) in [6.45, 7) is 4.32. The van der Waals surface area contributed by atoms with E-state index in [4.69, 9.17) is 8.83 Å². The van der Waals surface area contributed by atoms with Crippen molar-refractivity contribution in [2.24, 2.45) is 0 Å². The van der Waals surface area contributed by atoms with E-state index < -0.39 is 5.41 Å². The van der Waals surface area contributed by atoms with Crippen molar-refractivity contribution in [1.29, 1.82) is 0 Å². The molecule has 87 heavy (non-hydrogen) atoms. The lowest BCUT2D eigenvalue weighted by atomic mass is 9.67. The molecule has 0 aliphatic heterocycles. The second kappa shape index (κ2) is 20.0. The van der Waals surface area contributed by atoms with Crippen LogP contribution in [0.2, 0.25) is 0 Å². The minimum atomic E-state index is -0.853. The molecule has 17 rings (SSSR count).